The molecule has 144 valence electrons. The van der Waals surface area contributed by atoms with Crippen LogP contribution in [0.5, 0.6) is 0 Å². The predicted octanol–water partition coefficient (Wildman–Crippen LogP) is 2.15. The molecule has 26 heavy (non-hydrogen) atoms. The van der Waals surface area contributed by atoms with Crippen molar-refractivity contribution in [3.8, 4) is 0 Å². The zero-order chi connectivity index (χ0) is 16.8. The summed E-state index contributed by atoms with van der Waals surface area (Å²) in [7, 11) is 0. The molecule has 1 aliphatic heterocycles. The quantitative estimate of drug-likeness (QED) is 0.777. The lowest BCUT2D eigenvalue weighted by Gasteiger charge is -2.34. The number of hydrogen-bond acceptors (Lipinski definition) is 4. The smallest absolute Gasteiger partial charge is 0.227 e. The van der Waals surface area contributed by atoms with Gasteiger partial charge < -0.3 is 20.4 Å². The molecular weight excluding hydrogens is 375 g/mol. The average molecular weight is 401 g/mol. The second-order valence-electron chi connectivity index (χ2n) is 6.33. The fraction of sp³-hybridized carbons (Fsp3) is 0.444. The minimum absolute atomic E-state index is 0. The van der Waals surface area contributed by atoms with E-state index in [1.54, 1.807) is 12.5 Å². The highest BCUT2D eigenvalue weighted by atomic mass is 35.5. The molecule has 1 aromatic carbocycles. The van der Waals surface area contributed by atoms with Gasteiger partial charge in [-0.05, 0) is 24.0 Å². The largest absolute Gasteiger partial charge is 0.381 e. The highest BCUT2D eigenvalue weighted by Crippen LogP contribution is 2.29. The van der Waals surface area contributed by atoms with E-state index >= 15 is 0 Å². The van der Waals surface area contributed by atoms with Crippen LogP contribution in [0.15, 0.2) is 43.0 Å². The number of hydrogen-bond donors (Lipinski definition) is 2. The monoisotopic (exact) mass is 400 g/mol. The first kappa shape index (κ1) is 22.4. The lowest BCUT2D eigenvalue weighted by Crippen LogP contribution is -2.48. The Morgan fingerprint density at radius 1 is 1.19 bits per heavy atom. The zero-order valence-corrected chi connectivity index (χ0v) is 16.2. The second kappa shape index (κ2) is 10.5. The molecule has 1 fully saturated rings. The molecule has 0 saturated carbocycles. The van der Waals surface area contributed by atoms with E-state index in [4.69, 9.17) is 10.5 Å². The molecule has 1 amide bonds. The van der Waals surface area contributed by atoms with E-state index in [-0.39, 0.29) is 30.7 Å². The molecule has 8 heteroatoms. The number of nitrogens with two attached hydrogens (primary N) is 1. The first-order chi connectivity index (χ1) is 11.7. The SMILES string of the molecule is Cl.Cl.NCC1(C(=O)NCc2ccc(Cn3ccnc3)cc2)CCOCC1. The minimum atomic E-state index is -0.473. The van der Waals surface area contributed by atoms with E-state index in [1.165, 1.54) is 5.56 Å². The molecule has 2 aromatic rings. The van der Waals surface area contributed by atoms with Gasteiger partial charge in [-0.3, -0.25) is 4.79 Å². The van der Waals surface area contributed by atoms with Crippen molar-refractivity contribution in [3.05, 3.63) is 54.1 Å². The van der Waals surface area contributed by atoms with Gasteiger partial charge in [0.15, 0.2) is 0 Å². The van der Waals surface area contributed by atoms with Crippen molar-refractivity contribution in [2.75, 3.05) is 19.8 Å². The Balaban J connectivity index is 0.00000169. The third kappa shape index (κ3) is 5.45. The summed E-state index contributed by atoms with van der Waals surface area (Å²) in [6, 6.07) is 8.25. The first-order valence-corrected chi connectivity index (χ1v) is 8.31. The van der Waals surface area contributed by atoms with Crippen LogP contribution >= 0.6 is 24.8 Å². The number of nitrogens with zero attached hydrogens (tertiary/aromatic N) is 2. The summed E-state index contributed by atoms with van der Waals surface area (Å²) in [5.41, 5.74) is 7.68. The molecule has 0 radical (unpaired) electrons. The molecule has 3 rings (SSSR count). The summed E-state index contributed by atoms with van der Waals surface area (Å²) in [5, 5.41) is 3.04. The summed E-state index contributed by atoms with van der Waals surface area (Å²) in [4.78, 5) is 16.6. The van der Waals surface area contributed by atoms with Crippen LogP contribution in [0.1, 0.15) is 24.0 Å². The molecular formula is C18H26Cl2N4O2. The maximum Gasteiger partial charge on any atom is 0.227 e. The number of imidazole rings is 1. The Kier molecular flexibility index (Phi) is 9.08. The van der Waals surface area contributed by atoms with Crippen molar-refractivity contribution in [2.24, 2.45) is 11.1 Å². The summed E-state index contributed by atoms with van der Waals surface area (Å²) >= 11 is 0. The van der Waals surface area contributed by atoms with Gasteiger partial charge in [-0.25, -0.2) is 4.98 Å². The van der Waals surface area contributed by atoms with Crippen molar-refractivity contribution in [2.45, 2.75) is 25.9 Å². The highest BCUT2D eigenvalue weighted by molar-refractivity contribution is 5.85. The number of nitrogens with one attached hydrogen (secondary N) is 1. The highest BCUT2D eigenvalue weighted by Gasteiger charge is 2.38. The normalized spacial score (nSPS) is 15.4. The molecule has 1 saturated heterocycles. The van der Waals surface area contributed by atoms with Crippen molar-refractivity contribution in [1.82, 2.24) is 14.9 Å². The van der Waals surface area contributed by atoms with E-state index in [2.05, 4.69) is 22.4 Å². The molecule has 0 atom stereocenters. The zero-order valence-electron chi connectivity index (χ0n) is 14.6. The van der Waals surface area contributed by atoms with Gasteiger partial charge in [-0.1, -0.05) is 24.3 Å². The fourth-order valence-corrected chi connectivity index (χ4v) is 3.01. The van der Waals surface area contributed by atoms with Crippen molar-refractivity contribution >= 4 is 30.7 Å². The minimum Gasteiger partial charge on any atom is -0.381 e. The van der Waals surface area contributed by atoms with Gasteiger partial charge in [0.1, 0.15) is 0 Å². The van der Waals surface area contributed by atoms with E-state index in [0.29, 0.717) is 39.1 Å². The summed E-state index contributed by atoms with van der Waals surface area (Å²) in [6.07, 6.45) is 6.90. The van der Waals surface area contributed by atoms with Crippen LogP contribution in [-0.4, -0.2) is 35.2 Å². The summed E-state index contributed by atoms with van der Waals surface area (Å²) in [5.74, 6) is 0.0378. The van der Waals surface area contributed by atoms with E-state index in [1.807, 2.05) is 22.9 Å². The molecule has 0 bridgehead atoms. The Bertz CT molecular complexity index is 656. The van der Waals surface area contributed by atoms with E-state index < -0.39 is 5.41 Å². The van der Waals surface area contributed by atoms with Crippen LogP contribution in [0.3, 0.4) is 0 Å². The van der Waals surface area contributed by atoms with Gasteiger partial charge in [0.05, 0.1) is 11.7 Å². The van der Waals surface area contributed by atoms with Crippen LogP contribution in [0, 0.1) is 5.41 Å². The topological polar surface area (TPSA) is 82.2 Å². The van der Waals surface area contributed by atoms with Gasteiger partial charge in [0, 0.05) is 45.2 Å². The number of ether oxygens (including phenoxy) is 1. The van der Waals surface area contributed by atoms with Gasteiger partial charge >= 0.3 is 0 Å². The number of carbonyl (C=O) groups excluding carboxylic acids is 1. The molecule has 3 N–H and O–H groups in total. The molecule has 0 spiro atoms. The molecule has 1 aliphatic rings. The van der Waals surface area contributed by atoms with Gasteiger partial charge in [0.25, 0.3) is 0 Å². The summed E-state index contributed by atoms with van der Waals surface area (Å²) in [6.45, 7) is 2.89. The van der Waals surface area contributed by atoms with Crippen molar-refractivity contribution in [3.63, 3.8) is 0 Å². The van der Waals surface area contributed by atoms with E-state index in [0.717, 1.165) is 12.1 Å². The van der Waals surface area contributed by atoms with Gasteiger partial charge in [-0.15, -0.1) is 24.8 Å². The maximum atomic E-state index is 12.5. The average Bonchev–Trinajstić information content (AvgIpc) is 3.14. The fourth-order valence-electron chi connectivity index (χ4n) is 3.01. The van der Waals surface area contributed by atoms with Crippen molar-refractivity contribution < 1.29 is 9.53 Å². The number of carbonyl (C=O) groups is 1. The van der Waals surface area contributed by atoms with Gasteiger partial charge in [-0.2, -0.15) is 0 Å². The van der Waals surface area contributed by atoms with E-state index in [9.17, 15) is 4.79 Å². The molecule has 1 aromatic heterocycles. The van der Waals surface area contributed by atoms with Gasteiger partial charge in [0.2, 0.25) is 5.91 Å². The number of rotatable bonds is 6. The van der Waals surface area contributed by atoms with Crippen LogP contribution in [0.2, 0.25) is 0 Å². The standard InChI is InChI=1S/C18H24N4O2.2ClH/c19-13-18(5-9-24-10-6-18)17(23)21-11-15-1-3-16(4-2-15)12-22-8-7-20-14-22;;/h1-4,7-8,14H,5-6,9-13,19H2,(H,21,23);2*1H. The Hall–Kier alpha value is -1.60. The van der Waals surface area contributed by atoms with Crippen LogP contribution in [0.4, 0.5) is 0 Å². The van der Waals surface area contributed by atoms with Crippen molar-refractivity contribution in [1.29, 1.82) is 0 Å². The third-order valence-corrected chi connectivity index (χ3v) is 4.72. The number of amides is 1. The predicted molar refractivity (Wildman–Crippen MR) is 106 cm³/mol. The van der Waals surface area contributed by atoms with Crippen LogP contribution in [0.25, 0.3) is 0 Å². The first-order valence-electron chi connectivity index (χ1n) is 8.31. The van der Waals surface area contributed by atoms with Crippen LogP contribution in [-0.2, 0) is 22.6 Å². The number of aromatic nitrogens is 2. The Labute approximate surface area is 166 Å². The Morgan fingerprint density at radius 2 is 1.85 bits per heavy atom. The molecule has 0 aliphatic carbocycles. The summed E-state index contributed by atoms with van der Waals surface area (Å²) < 4.78 is 7.37. The van der Waals surface area contributed by atoms with Crippen LogP contribution < -0.4 is 11.1 Å². The third-order valence-electron chi connectivity index (χ3n) is 4.72. The lowest BCUT2D eigenvalue weighted by molar-refractivity contribution is -0.136. The Morgan fingerprint density at radius 3 is 2.42 bits per heavy atom. The molecule has 0 unspecified atom stereocenters. The maximum absolute atomic E-state index is 12.5. The number of benzene rings is 1. The second-order valence-corrected chi connectivity index (χ2v) is 6.33. The lowest BCUT2D eigenvalue weighted by atomic mass is 9.79. The number of halogens is 2. The molecule has 6 nitrogen and oxygen atoms in total. The molecule has 2 heterocycles.